The number of esters is 2. The van der Waals surface area contributed by atoms with Crippen molar-refractivity contribution >= 4 is 23.5 Å². The Labute approximate surface area is 188 Å². The molecule has 1 rings (SSSR count). The summed E-state index contributed by atoms with van der Waals surface area (Å²) in [5.41, 5.74) is -3.05. The molecule has 0 spiro atoms. The van der Waals surface area contributed by atoms with Crippen LogP contribution in [0.4, 0.5) is 0 Å². The van der Waals surface area contributed by atoms with Crippen molar-refractivity contribution in [2.24, 2.45) is 5.41 Å². The van der Waals surface area contributed by atoms with Crippen LogP contribution in [0, 0.1) is 5.41 Å². The van der Waals surface area contributed by atoms with Crippen LogP contribution >= 0.6 is 0 Å². The molecule has 0 bridgehead atoms. The molecular weight excluding hydrogens is 418 g/mol. The fourth-order valence-electron chi connectivity index (χ4n) is 3.10. The Bertz CT molecular complexity index is 814. The number of carbonyl (C=O) groups is 4. The van der Waals surface area contributed by atoms with Gasteiger partial charge in [0.1, 0.15) is 18.0 Å². The van der Waals surface area contributed by atoms with E-state index in [0.717, 1.165) is 0 Å². The maximum atomic E-state index is 13.6. The molecule has 0 N–H and O–H groups in total. The second kappa shape index (κ2) is 12.3. The van der Waals surface area contributed by atoms with Crippen LogP contribution in [0.3, 0.4) is 0 Å². The molecule has 0 aromatic carbocycles. The van der Waals surface area contributed by atoms with Crippen LogP contribution in [-0.4, -0.2) is 61.5 Å². The zero-order valence-corrected chi connectivity index (χ0v) is 19.7. The molecule has 1 aromatic heterocycles. The summed E-state index contributed by atoms with van der Waals surface area (Å²) in [4.78, 5) is 55.8. The van der Waals surface area contributed by atoms with Crippen molar-refractivity contribution in [3.8, 4) is 5.75 Å². The number of carbonyl (C=O) groups excluding carboxylic acids is 4. The second-order valence-corrected chi connectivity index (χ2v) is 8.22. The summed E-state index contributed by atoms with van der Waals surface area (Å²) in [5.74, 6) is -2.53. The van der Waals surface area contributed by atoms with Gasteiger partial charge in [-0.05, 0) is 46.6 Å². The largest absolute Gasteiger partial charge is 0.495 e. The van der Waals surface area contributed by atoms with Crippen molar-refractivity contribution in [2.75, 3.05) is 27.4 Å². The van der Waals surface area contributed by atoms with Crippen molar-refractivity contribution in [1.82, 2.24) is 4.98 Å². The van der Waals surface area contributed by atoms with Gasteiger partial charge in [-0.2, -0.15) is 0 Å². The van der Waals surface area contributed by atoms with Crippen molar-refractivity contribution in [3.05, 3.63) is 24.0 Å². The van der Waals surface area contributed by atoms with E-state index in [0.29, 0.717) is 12.2 Å². The van der Waals surface area contributed by atoms with Crippen molar-refractivity contribution in [3.63, 3.8) is 0 Å². The first kappa shape index (κ1) is 27.2. The summed E-state index contributed by atoms with van der Waals surface area (Å²) >= 11 is 0. The fraction of sp³-hybridized carbons (Fsp3) is 0.609. The Morgan fingerprint density at radius 1 is 1.03 bits per heavy atom. The summed E-state index contributed by atoms with van der Waals surface area (Å²) in [7, 11) is 2.72. The highest BCUT2D eigenvalue weighted by molar-refractivity contribution is 6.27. The number of pyridine rings is 1. The van der Waals surface area contributed by atoms with Crippen LogP contribution in [0.15, 0.2) is 18.5 Å². The molecule has 0 fully saturated rings. The maximum Gasteiger partial charge on any atom is 0.328 e. The molecule has 9 heteroatoms. The third-order valence-electron chi connectivity index (χ3n) is 4.59. The lowest BCUT2D eigenvalue weighted by Crippen LogP contribution is -2.51. The normalized spacial score (nSPS) is 13.1. The number of nitrogens with zero attached hydrogens (tertiary/aromatic N) is 1. The van der Waals surface area contributed by atoms with Crippen LogP contribution in [0.5, 0.6) is 5.75 Å². The lowest BCUT2D eigenvalue weighted by molar-refractivity contribution is -0.168. The number of ether oxygens (including phenoxy) is 4. The average molecular weight is 452 g/mol. The topological polar surface area (TPSA) is 118 Å². The molecular formula is C23H33NO8. The van der Waals surface area contributed by atoms with Crippen molar-refractivity contribution in [1.29, 1.82) is 0 Å². The Kier molecular flexibility index (Phi) is 10.5. The molecule has 0 saturated carbocycles. The SMILES string of the molecule is CCOC(=O)CCCCC(C(=O)COC)(C(=O)OC(C)(C)C)C(=O)c1cncc(OC)c1. The van der Waals surface area contributed by atoms with Crippen LogP contribution < -0.4 is 4.74 Å². The van der Waals surface area contributed by atoms with Gasteiger partial charge in [0.05, 0.1) is 19.9 Å². The molecule has 0 radical (unpaired) electrons. The number of Topliss-reactive ketones (excluding diaryl/α,β-unsaturated/α-hetero) is 2. The highest BCUT2D eigenvalue weighted by Gasteiger charge is 2.54. The van der Waals surface area contributed by atoms with E-state index in [1.165, 1.54) is 32.7 Å². The third kappa shape index (κ3) is 7.40. The molecule has 0 aliphatic rings. The summed E-state index contributed by atoms with van der Waals surface area (Å²) in [6.45, 7) is 6.45. The predicted molar refractivity (Wildman–Crippen MR) is 115 cm³/mol. The maximum absolute atomic E-state index is 13.6. The van der Waals surface area contributed by atoms with Gasteiger partial charge in [0.2, 0.25) is 0 Å². The number of aromatic nitrogens is 1. The Hall–Kier alpha value is -2.81. The molecule has 0 aliphatic carbocycles. The zero-order chi connectivity index (χ0) is 24.4. The molecule has 1 unspecified atom stereocenters. The van der Waals surface area contributed by atoms with E-state index in [9.17, 15) is 19.2 Å². The van der Waals surface area contributed by atoms with Crippen LogP contribution in [0.25, 0.3) is 0 Å². The van der Waals surface area contributed by atoms with E-state index in [4.69, 9.17) is 18.9 Å². The summed E-state index contributed by atoms with van der Waals surface area (Å²) < 4.78 is 20.5. The minimum absolute atomic E-state index is 0.0325. The summed E-state index contributed by atoms with van der Waals surface area (Å²) in [6, 6.07) is 1.41. The number of rotatable bonds is 13. The highest BCUT2D eigenvalue weighted by atomic mass is 16.6. The van der Waals surface area contributed by atoms with Gasteiger partial charge in [0.15, 0.2) is 17.0 Å². The van der Waals surface area contributed by atoms with Gasteiger partial charge in [0, 0.05) is 25.3 Å². The number of ketones is 2. The molecule has 1 heterocycles. The smallest absolute Gasteiger partial charge is 0.328 e. The molecule has 0 saturated heterocycles. The lowest BCUT2D eigenvalue weighted by Gasteiger charge is -2.32. The van der Waals surface area contributed by atoms with Gasteiger partial charge in [-0.3, -0.25) is 24.2 Å². The molecule has 1 aromatic rings. The molecule has 178 valence electrons. The van der Waals surface area contributed by atoms with Gasteiger partial charge in [-0.25, -0.2) is 0 Å². The quantitative estimate of drug-likeness (QED) is 0.193. The Morgan fingerprint density at radius 2 is 1.72 bits per heavy atom. The molecule has 1 atom stereocenters. The number of hydrogen-bond donors (Lipinski definition) is 0. The summed E-state index contributed by atoms with van der Waals surface area (Å²) in [6.07, 6.45) is 3.18. The Morgan fingerprint density at radius 3 is 2.28 bits per heavy atom. The first-order chi connectivity index (χ1) is 15.0. The molecule has 0 amide bonds. The van der Waals surface area contributed by atoms with Gasteiger partial charge >= 0.3 is 11.9 Å². The zero-order valence-electron chi connectivity index (χ0n) is 19.7. The van der Waals surface area contributed by atoms with Crippen LogP contribution in [0.1, 0.15) is 63.7 Å². The van der Waals surface area contributed by atoms with E-state index in [2.05, 4.69) is 4.98 Å². The van der Waals surface area contributed by atoms with E-state index in [1.54, 1.807) is 27.7 Å². The van der Waals surface area contributed by atoms with E-state index in [-0.39, 0.29) is 37.4 Å². The fourth-order valence-corrected chi connectivity index (χ4v) is 3.10. The minimum atomic E-state index is -2.15. The lowest BCUT2D eigenvalue weighted by atomic mass is 9.72. The first-order valence-electron chi connectivity index (χ1n) is 10.5. The van der Waals surface area contributed by atoms with Crippen molar-refractivity contribution < 1.29 is 38.1 Å². The monoisotopic (exact) mass is 451 g/mol. The average Bonchev–Trinajstić information content (AvgIpc) is 2.72. The number of methoxy groups -OCH3 is 2. The van der Waals surface area contributed by atoms with E-state index in [1.807, 2.05) is 0 Å². The third-order valence-corrected chi connectivity index (χ3v) is 4.59. The first-order valence-corrected chi connectivity index (χ1v) is 10.5. The minimum Gasteiger partial charge on any atom is -0.495 e. The van der Waals surface area contributed by atoms with Crippen molar-refractivity contribution in [2.45, 2.75) is 59.0 Å². The van der Waals surface area contributed by atoms with Gasteiger partial charge in [-0.1, -0.05) is 6.42 Å². The van der Waals surface area contributed by atoms with E-state index < -0.39 is 35.2 Å². The summed E-state index contributed by atoms with van der Waals surface area (Å²) in [5, 5.41) is 0. The Balaban J connectivity index is 3.39. The van der Waals surface area contributed by atoms with Gasteiger partial charge in [-0.15, -0.1) is 0 Å². The van der Waals surface area contributed by atoms with Gasteiger partial charge in [0.25, 0.3) is 0 Å². The highest BCUT2D eigenvalue weighted by Crippen LogP contribution is 2.35. The molecule has 32 heavy (non-hydrogen) atoms. The second-order valence-electron chi connectivity index (χ2n) is 8.22. The standard InChI is InChI=1S/C23H33NO8/c1-7-31-19(26)10-8-9-11-23(18(25)15-29-5,21(28)32-22(2,3)4)20(27)16-12-17(30-6)14-24-13-16/h12-14H,7-11,15H2,1-6H3. The predicted octanol–water partition coefficient (Wildman–Crippen LogP) is 2.94. The van der Waals surface area contributed by atoms with Crippen LogP contribution in [-0.2, 0) is 28.6 Å². The van der Waals surface area contributed by atoms with E-state index >= 15 is 0 Å². The molecule has 0 aliphatic heterocycles. The number of hydrogen-bond acceptors (Lipinski definition) is 9. The molecule has 9 nitrogen and oxygen atoms in total. The van der Waals surface area contributed by atoms with Gasteiger partial charge < -0.3 is 18.9 Å². The number of unbranched alkanes of at least 4 members (excludes halogenated alkanes) is 1. The van der Waals surface area contributed by atoms with Crippen LogP contribution in [0.2, 0.25) is 0 Å².